The minimum Gasteiger partial charge on any atom is -0.325 e. The highest BCUT2D eigenvalue weighted by Gasteiger charge is 2.29. The average molecular weight is 403 g/mol. The molecular weight excluding hydrogens is 393 g/mol. The SMILES string of the molecule is O=C1Nc2ccc(I)cc2C1C=Nc1ccc2n[nH]nc2c1. The lowest BCUT2D eigenvalue weighted by Crippen LogP contribution is -2.12. The summed E-state index contributed by atoms with van der Waals surface area (Å²) in [7, 11) is 0. The van der Waals surface area contributed by atoms with Crippen molar-refractivity contribution in [3.63, 3.8) is 0 Å². The molecule has 1 amide bonds. The first kappa shape index (κ1) is 13.4. The molecule has 0 bridgehead atoms. The van der Waals surface area contributed by atoms with Gasteiger partial charge in [-0.2, -0.15) is 15.4 Å². The van der Waals surface area contributed by atoms with E-state index in [9.17, 15) is 4.79 Å². The van der Waals surface area contributed by atoms with E-state index in [-0.39, 0.29) is 11.8 Å². The third-order valence-corrected chi connectivity index (χ3v) is 4.23. The van der Waals surface area contributed by atoms with Crippen molar-refractivity contribution in [3.8, 4) is 0 Å². The van der Waals surface area contributed by atoms with Crippen molar-refractivity contribution in [2.75, 3.05) is 5.32 Å². The van der Waals surface area contributed by atoms with E-state index in [0.717, 1.165) is 31.5 Å². The van der Waals surface area contributed by atoms with Gasteiger partial charge in [-0.25, -0.2) is 0 Å². The van der Waals surface area contributed by atoms with Crippen molar-refractivity contribution in [3.05, 3.63) is 45.5 Å². The number of carbonyl (C=O) groups excluding carboxylic acids is 1. The molecule has 2 heterocycles. The molecule has 1 atom stereocenters. The summed E-state index contributed by atoms with van der Waals surface area (Å²) < 4.78 is 1.09. The normalized spacial score (nSPS) is 17.1. The summed E-state index contributed by atoms with van der Waals surface area (Å²) in [5, 5.41) is 13.5. The van der Waals surface area contributed by atoms with Gasteiger partial charge in [0.15, 0.2) is 0 Å². The smallest absolute Gasteiger partial charge is 0.237 e. The Bertz CT molecular complexity index is 917. The number of aromatic nitrogens is 3. The van der Waals surface area contributed by atoms with Crippen LogP contribution in [-0.2, 0) is 4.79 Å². The van der Waals surface area contributed by atoms with Gasteiger partial charge < -0.3 is 5.32 Å². The number of aliphatic imine (C=N–C) groups is 1. The highest BCUT2D eigenvalue weighted by Crippen LogP contribution is 2.33. The maximum absolute atomic E-state index is 12.1. The van der Waals surface area contributed by atoms with Crippen LogP contribution in [0.15, 0.2) is 41.4 Å². The van der Waals surface area contributed by atoms with Gasteiger partial charge in [0.1, 0.15) is 17.0 Å². The molecule has 1 aliphatic rings. The predicted molar refractivity (Wildman–Crippen MR) is 92.6 cm³/mol. The Morgan fingerprint density at radius 1 is 1.14 bits per heavy atom. The Balaban J connectivity index is 1.68. The van der Waals surface area contributed by atoms with Gasteiger partial charge in [0.05, 0.1) is 5.69 Å². The molecule has 1 aromatic heterocycles. The Morgan fingerprint density at radius 3 is 2.91 bits per heavy atom. The molecule has 108 valence electrons. The molecule has 2 N–H and O–H groups in total. The molecule has 22 heavy (non-hydrogen) atoms. The van der Waals surface area contributed by atoms with Crippen LogP contribution in [0.5, 0.6) is 0 Å². The Hall–Kier alpha value is -2.29. The minimum absolute atomic E-state index is 0.0525. The Morgan fingerprint density at radius 2 is 2.00 bits per heavy atom. The maximum Gasteiger partial charge on any atom is 0.237 e. The standard InChI is InChI=1S/C15H10IN5O/c16-8-1-3-12-10(5-8)11(15(22)18-12)7-17-9-2-4-13-14(6-9)20-21-19-13/h1-7,11H,(H,18,22)(H,19,20,21). The number of benzene rings is 2. The Labute approximate surface area is 139 Å². The number of hydrogen-bond acceptors (Lipinski definition) is 4. The molecule has 3 aromatic rings. The van der Waals surface area contributed by atoms with Crippen molar-refractivity contribution in [2.45, 2.75) is 5.92 Å². The van der Waals surface area contributed by atoms with E-state index in [1.807, 2.05) is 36.4 Å². The molecule has 4 rings (SSSR count). The zero-order chi connectivity index (χ0) is 15.1. The molecule has 0 spiro atoms. The second kappa shape index (κ2) is 5.16. The topological polar surface area (TPSA) is 83.0 Å². The van der Waals surface area contributed by atoms with Crippen LogP contribution >= 0.6 is 22.6 Å². The molecule has 2 aromatic carbocycles. The lowest BCUT2D eigenvalue weighted by atomic mass is 10.0. The number of carbonyl (C=O) groups is 1. The molecular formula is C15H10IN5O. The quantitative estimate of drug-likeness (QED) is 0.510. The van der Waals surface area contributed by atoms with Crippen molar-refractivity contribution < 1.29 is 4.79 Å². The highest BCUT2D eigenvalue weighted by atomic mass is 127. The highest BCUT2D eigenvalue weighted by molar-refractivity contribution is 14.1. The molecule has 0 saturated carbocycles. The third kappa shape index (κ3) is 2.27. The largest absolute Gasteiger partial charge is 0.325 e. The van der Waals surface area contributed by atoms with Crippen LogP contribution < -0.4 is 5.32 Å². The molecule has 0 aliphatic carbocycles. The van der Waals surface area contributed by atoms with Crippen LogP contribution in [0, 0.1) is 3.57 Å². The summed E-state index contributed by atoms with van der Waals surface area (Å²) in [6.07, 6.45) is 1.68. The minimum atomic E-state index is -0.363. The van der Waals surface area contributed by atoms with Crippen molar-refractivity contribution in [1.82, 2.24) is 15.4 Å². The number of fused-ring (bicyclic) bond motifs is 2. The van der Waals surface area contributed by atoms with E-state index in [2.05, 4.69) is 48.3 Å². The fourth-order valence-corrected chi connectivity index (χ4v) is 2.99. The number of amides is 1. The number of aromatic amines is 1. The zero-order valence-electron chi connectivity index (χ0n) is 11.2. The van der Waals surface area contributed by atoms with Gasteiger partial charge in [-0.1, -0.05) is 0 Å². The summed E-state index contributed by atoms with van der Waals surface area (Å²) in [5.74, 6) is -0.416. The van der Waals surface area contributed by atoms with Crippen LogP contribution in [-0.4, -0.2) is 27.5 Å². The van der Waals surface area contributed by atoms with E-state index >= 15 is 0 Å². The second-order valence-corrected chi connectivity index (χ2v) is 6.22. The molecule has 7 heteroatoms. The van der Waals surface area contributed by atoms with E-state index in [1.54, 1.807) is 6.21 Å². The average Bonchev–Trinajstić information content (AvgIpc) is 3.08. The number of nitrogens with zero attached hydrogens (tertiary/aromatic N) is 3. The van der Waals surface area contributed by atoms with E-state index in [1.165, 1.54) is 0 Å². The van der Waals surface area contributed by atoms with Crippen LogP contribution in [0.4, 0.5) is 11.4 Å². The fourth-order valence-electron chi connectivity index (χ4n) is 2.47. The summed E-state index contributed by atoms with van der Waals surface area (Å²) in [4.78, 5) is 16.5. The van der Waals surface area contributed by atoms with Gasteiger partial charge in [-0.3, -0.25) is 9.79 Å². The van der Waals surface area contributed by atoms with Gasteiger partial charge in [0, 0.05) is 15.5 Å². The summed E-state index contributed by atoms with van der Waals surface area (Å²) >= 11 is 2.24. The van der Waals surface area contributed by atoms with Crippen LogP contribution in [0.2, 0.25) is 0 Å². The predicted octanol–water partition coefficient (Wildman–Crippen LogP) is 3.00. The van der Waals surface area contributed by atoms with E-state index in [4.69, 9.17) is 0 Å². The van der Waals surface area contributed by atoms with Crippen LogP contribution in [0.3, 0.4) is 0 Å². The summed E-state index contributed by atoms with van der Waals surface area (Å²) in [6.45, 7) is 0. The van der Waals surface area contributed by atoms with Gasteiger partial charge in [-0.15, -0.1) is 0 Å². The second-order valence-electron chi connectivity index (χ2n) is 4.97. The Kier molecular flexibility index (Phi) is 3.14. The molecule has 6 nitrogen and oxygen atoms in total. The summed E-state index contributed by atoms with van der Waals surface area (Å²) in [6, 6.07) is 11.4. The number of nitrogens with one attached hydrogen (secondary N) is 2. The van der Waals surface area contributed by atoms with Gasteiger partial charge in [0.2, 0.25) is 5.91 Å². The third-order valence-electron chi connectivity index (χ3n) is 3.56. The fraction of sp³-hybridized carbons (Fsp3) is 0.0667. The van der Waals surface area contributed by atoms with Crippen molar-refractivity contribution in [2.24, 2.45) is 4.99 Å². The number of anilines is 1. The van der Waals surface area contributed by atoms with Gasteiger partial charge in [-0.05, 0) is 64.6 Å². The monoisotopic (exact) mass is 403 g/mol. The first-order valence-electron chi connectivity index (χ1n) is 6.66. The lowest BCUT2D eigenvalue weighted by Gasteiger charge is -2.02. The van der Waals surface area contributed by atoms with Crippen LogP contribution in [0.25, 0.3) is 11.0 Å². The van der Waals surface area contributed by atoms with Gasteiger partial charge in [0.25, 0.3) is 0 Å². The van der Waals surface area contributed by atoms with E-state index < -0.39 is 0 Å². The van der Waals surface area contributed by atoms with Crippen molar-refractivity contribution >= 4 is 57.1 Å². The first-order chi connectivity index (χ1) is 10.7. The van der Waals surface area contributed by atoms with Crippen LogP contribution in [0.1, 0.15) is 11.5 Å². The molecule has 0 radical (unpaired) electrons. The molecule has 0 fully saturated rings. The lowest BCUT2D eigenvalue weighted by molar-refractivity contribution is -0.115. The van der Waals surface area contributed by atoms with E-state index in [0.29, 0.717) is 0 Å². The maximum atomic E-state index is 12.1. The first-order valence-corrected chi connectivity index (χ1v) is 7.73. The summed E-state index contributed by atoms with van der Waals surface area (Å²) in [5.41, 5.74) is 4.10. The number of rotatable bonds is 2. The zero-order valence-corrected chi connectivity index (χ0v) is 13.4. The molecule has 1 unspecified atom stereocenters. The number of halogens is 1. The molecule has 1 aliphatic heterocycles. The van der Waals surface area contributed by atoms with Gasteiger partial charge >= 0.3 is 0 Å². The number of hydrogen-bond donors (Lipinski definition) is 2. The number of H-pyrrole nitrogens is 1. The van der Waals surface area contributed by atoms with Crippen molar-refractivity contribution in [1.29, 1.82) is 0 Å². The molecule has 0 saturated heterocycles.